The molecule has 0 bridgehead atoms. The minimum absolute atomic E-state index is 0.00417. The Morgan fingerprint density at radius 1 is 1.15 bits per heavy atom. The number of nitrogens with zero attached hydrogens (tertiary/aromatic N) is 1. The van der Waals surface area contributed by atoms with Gasteiger partial charge in [0, 0.05) is 41.3 Å². The lowest BCUT2D eigenvalue weighted by atomic mass is 10.1. The topological polar surface area (TPSA) is 65.2 Å². The molecule has 5 nitrogen and oxygen atoms in total. The standard InChI is InChI=1S/C20H20ClN3O2/c1-14(25)24(13-20(26)23-17-6-4-5-16(21)11-17)10-9-15-12-22-19-8-3-2-7-18(15)19/h2-8,11-12,22H,9-10,13H2,1H3,(H,23,26). The van der Waals surface area contributed by atoms with Crippen LogP contribution in [-0.2, 0) is 16.0 Å². The summed E-state index contributed by atoms with van der Waals surface area (Å²) in [4.78, 5) is 29.0. The van der Waals surface area contributed by atoms with Crippen LogP contribution in [0.2, 0.25) is 5.02 Å². The van der Waals surface area contributed by atoms with E-state index in [9.17, 15) is 9.59 Å². The molecule has 3 aromatic rings. The molecule has 1 heterocycles. The highest BCUT2D eigenvalue weighted by Crippen LogP contribution is 2.18. The van der Waals surface area contributed by atoms with E-state index in [2.05, 4.69) is 10.3 Å². The number of nitrogens with one attached hydrogen (secondary N) is 2. The Bertz CT molecular complexity index is 935. The number of carbonyl (C=O) groups excluding carboxylic acids is 2. The lowest BCUT2D eigenvalue weighted by molar-refractivity contribution is -0.132. The number of aromatic amines is 1. The summed E-state index contributed by atoms with van der Waals surface area (Å²) in [5.74, 6) is -0.382. The summed E-state index contributed by atoms with van der Waals surface area (Å²) in [6.45, 7) is 1.95. The van der Waals surface area contributed by atoms with E-state index in [0.717, 1.165) is 16.5 Å². The minimum atomic E-state index is -0.249. The molecule has 0 fully saturated rings. The number of halogens is 1. The summed E-state index contributed by atoms with van der Waals surface area (Å²) in [5, 5.41) is 4.45. The zero-order valence-corrected chi connectivity index (χ0v) is 15.2. The van der Waals surface area contributed by atoms with Crippen LogP contribution in [0.3, 0.4) is 0 Å². The van der Waals surface area contributed by atoms with Gasteiger partial charge in [-0.2, -0.15) is 0 Å². The maximum Gasteiger partial charge on any atom is 0.243 e. The molecule has 0 spiro atoms. The first-order chi connectivity index (χ1) is 12.5. The first-order valence-corrected chi connectivity index (χ1v) is 8.76. The average Bonchev–Trinajstić information content (AvgIpc) is 3.01. The molecule has 0 saturated carbocycles. The SMILES string of the molecule is CC(=O)N(CCc1c[nH]c2ccccc12)CC(=O)Nc1cccc(Cl)c1. The van der Waals surface area contributed by atoms with E-state index in [4.69, 9.17) is 11.6 Å². The van der Waals surface area contributed by atoms with Gasteiger partial charge in [-0.3, -0.25) is 9.59 Å². The Labute approximate surface area is 157 Å². The van der Waals surface area contributed by atoms with Crippen LogP contribution in [0.4, 0.5) is 5.69 Å². The van der Waals surface area contributed by atoms with Gasteiger partial charge < -0.3 is 15.2 Å². The number of benzene rings is 2. The number of carbonyl (C=O) groups is 2. The highest BCUT2D eigenvalue weighted by Gasteiger charge is 2.15. The zero-order valence-electron chi connectivity index (χ0n) is 14.5. The van der Waals surface area contributed by atoms with Gasteiger partial charge >= 0.3 is 0 Å². The number of amides is 2. The summed E-state index contributed by atoms with van der Waals surface area (Å²) < 4.78 is 0. The maximum absolute atomic E-state index is 12.3. The maximum atomic E-state index is 12.3. The molecular formula is C20H20ClN3O2. The fourth-order valence-electron chi connectivity index (χ4n) is 2.88. The van der Waals surface area contributed by atoms with Crippen LogP contribution in [0.1, 0.15) is 12.5 Å². The molecule has 3 rings (SSSR count). The molecule has 0 saturated heterocycles. The van der Waals surface area contributed by atoms with Crippen LogP contribution in [0, 0.1) is 0 Å². The predicted octanol–water partition coefficient (Wildman–Crippen LogP) is 3.85. The fourth-order valence-corrected chi connectivity index (χ4v) is 3.07. The number of H-pyrrole nitrogens is 1. The number of hydrogen-bond donors (Lipinski definition) is 2. The molecule has 0 aliphatic rings. The zero-order chi connectivity index (χ0) is 18.5. The van der Waals surface area contributed by atoms with E-state index in [1.807, 2.05) is 30.5 Å². The van der Waals surface area contributed by atoms with Crippen molar-refractivity contribution in [3.8, 4) is 0 Å². The van der Waals surface area contributed by atoms with Crippen LogP contribution in [0.15, 0.2) is 54.7 Å². The summed E-state index contributed by atoms with van der Waals surface area (Å²) in [6.07, 6.45) is 2.63. The van der Waals surface area contributed by atoms with Gasteiger partial charge in [-0.15, -0.1) is 0 Å². The number of rotatable bonds is 6. The molecule has 0 radical (unpaired) electrons. The first kappa shape index (κ1) is 18.0. The van der Waals surface area contributed by atoms with Crippen LogP contribution < -0.4 is 5.32 Å². The largest absolute Gasteiger partial charge is 0.361 e. The van der Waals surface area contributed by atoms with Crippen LogP contribution in [-0.4, -0.2) is 34.8 Å². The molecule has 0 unspecified atom stereocenters. The molecule has 2 aromatic carbocycles. The van der Waals surface area contributed by atoms with Gasteiger partial charge in [0.1, 0.15) is 0 Å². The van der Waals surface area contributed by atoms with Gasteiger partial charge in [0.05, 0.1) is 6.54 Å². The number of anilines is 1. The van der Waals surface area contributed by atoms with Gasteiger partial charge in [-0.1, -0.05) is 35.9 Å². The molecule has 26 heavy (non-hydrogen) atoms. The summed E-state index contributed by atoms with van der Waals surface area (Å²) in [5.41, 5.74) is 2.81. The van der Waals surface area contributed by atoms with Crippen molar-refractivity contribution < 1.29 is 9.59 Å². The molecule has 134 valence electrons. The van der Waals surface area contributed by atoms with E-state index >= 15 is 0 Å². The molecule has 6 heteroatoms. The van der Waals surface area contributed by atoms with Crippen molar-refractivity contribution in [2.24, 2.45) is 0 Å². The quantitative estimate of drug-likeness (QED) is 0.693. The predicted molar refractivity (Wildman–Crippen MR) is 104 cm³/mol. The molecule has 1 aromatic heterocycles. The third-order valence-electron chi connectivity index (χ3n) is 4.21. The van der Waals surface area contributed by atoms with Gasteiger partial charge in [-0.05, 0) is 36.2 Å². The molecule has 0 atom stereocenters. The minimum Gasteiger partial charge on any atom is -0.361 e. The van der Waals surface area contributed by atoms with Gasteiger partial charge in [0.15, 0.2) is 0 Å². The molecular weight excluding hydrogens is 350 g/mol. The van der Waals surface area contributed by atoms with Crippen molar-refractivity contribution in [1.82, 2.24) is 9.88 Å². The highest BCUT2D eigenvalue weighted by atomic mass is 35.5. The second-order valence-corrected chi connectivity index (χ2v) is 6.55. The monoisotopic (exact) mass is 369 g/mol. The number of hydrogen-bond acceptors (Lipinski definition) is 2. The highest BCUT2D eigenvalue weighted by molar-refractivity contribution is 6.30. The Hall–Kier alpha value is -2.79. The van der Waals surface area contributed by atoms with Crippen molar-refractivity contribution in [3.05, 3.63) is 65.3 Å². The average molecular weight is 370 g/mol. The molecule has 0 aliphatic carbocycles. The van der Waals surface area contributed by atoms with E-state index < -0.39 is 0 Å². The third-order valence-corrected chi connectivity index (χ3v) is 4.45. The van der Waals surface area contributed by atoms with Gasteiger partial charge in [0.25, 0.3) is 0 Å². The van der Waals surface area contributed by atoms with Crippen molar-refractivity contribution >= 4 is 40.0 Å². The van der Waals surface area contributed by atoms with Crippen LogP contribution in [0.25, 0.3) is 10.9 Å². The number of para-hydroxylation sites is 1. The Kier molecular flexibility index (Phi) is 5.58. The lowest BCUT2D eigenvalue weighted by Crippen LogP contribution is -2.37. The summed E-state index contributed by atoms with van der Waals surface area (Å²) in [7, 11) is 0. The van der Waals surface area contributed by atoms with Gasteiger partial charge in [0.2, 0.25) is 11.8 Å². The normalized spacial score (nSPS) is 10.7. The molecule has 2 amide bonds. The molecule has 2 N–H and O–H groups in total. The Morgan fingerprint density at radius 3 is 2.73 bits per heavy atom. The van der Waals surface area contributed by atoms with Crippen molar-refractivity contribution in [2.75, 3.05) is 18.4 Å². The number of fused-ring (bicyclic) bond motifs is 1. The smallest absolute Gasteiger partial charge is 0.243 e. The summed E-state index contributed by atoms with van der Waals surface area (Å²) in [6, 6.07) is 15.0. The third kappa shape index (κ3) is 4.43. The molecule has 0 aliphatic heterocycles. The second kappa shape index (κ2) is 8.06. The first-order valence-electron chi connectivity index (χ1n) is 8.39. The number of aromatic nitrogens is 1. The van der Waals surface area contributed by atoms with Crippen LogP contribution >= 0.6 is 11.6 Å². The van der Waals surface area contributed by atoms with Crippen molar-refractivity contribution in [3.63, 3.8) is 0 Å². The van der Waals surface area contributed by atoms with Crippen molar-refractivity contribution in [2.45, 2.75) is 13.3 Å². The lowest BCUT2D eigenvalue weighted by Gasteiger charge is -2.20. The van der Waals surface area contributed by atoms with E-state index in [0.29, 0.717) is 23.7 Å². The van der Waals surface area contributed by atoms with E-state index in [-0.39, 0.29) is 18.4 Å². The van der Waals surface area contributed by atoms with E-state index in [1.54, 1.807) is 29.2 Å². The second-order valence-electron chi connectivity index (χ2n) is 6.11. The summed E-state index contributed by atoms with van der Waals surface area (Å²) >= 11 is 5.92. The van der Waals surface area contributed by atoms with Gasteiger partial charge in [-0.25, -0.2) is 0 Å². The Morgan fingerprint density at radius 2 is 1.96 bits per heavy atom. The Balaban J connectivity index is 1.62. The van der Waals surface area contributed by atoms with E-state index in [1.165, 1.54) is 6.92 Å². The van der Waals surface area contributed by atoms with Crippen molar-refractivity contribution in [1.29, 1.82) is 0 Å². The van der Waals surface area contributed by atoms with Crippen LogP contribution in [0.5, 0.6) is 0 Å². The fraction of sp³-hybridized carbons (Fsp3) is 0.200.